The highest BCUT2D eigenvalue weighted by molar-refractivity contribution is 6.58. The first kappa shape index (κ1) is 25.6. The molecule has 3 N–H and O–H groups in total. The lowest BCUT2D eigenvalue weighted by atomic mass is 9.79. The minimum absolute atomic E-state index is 0.0273. The molecule has 0 saturated carbocycles. The second-order valence-corrected chi connectivity index (χ2v) is 7.21. The molecular formula is C20H31BN2O7. The molecule has 0 saturated heterocycles. The van der Waals surface area contributed by atoms with Gasteiger partial charge in [0.1, 0.15) is 0 Å². The van der Waals surface area contributed by atoms with Gasteiger partial charge in [0, 0.05) is 30.7 Å². The zero-order chi connectivity index (χ0) is 22.4. The van der Waals surface area contributed by atoms with Crippen molar-refractivity contribution in [3.05, 3.63) is 33.9 Å². The third kappa shape index (κ3) is 10.4. The van der Waals surface area contributed by atoms with E-state index in [4.69, 9.17) is 0 Å². The Morgan fingerprint density at radius 1 is 1.00 bits per heavy atom. The summed E-state index contributed by atoms with van der Waals surface area (Å²) in [5.41, 5.74) is -0.435. The maximum atomic E-state index is 12.2. The van der Waals surface area contributed by atoms with Crippen molar-refractivity contribution in [2.24, 2.45) is 0 Å². The van der Waals surface area contributed by atoms with E-state index in [0.717, 1.165) is 69.9 Å². The Hall–Kier alpha value is -2.46. The summed E-state index contributed by atoms with van der Waals surface area (Å²) in [6, 6.07) is 3.38. The normalized spacial score (nSPS) is 10.5. The Bertz CT molecular complexity index is 698. The van der Waals surface area contributed by atoms with Crippen molar-refractivity contribution >= 4 is 30.1 Å². The highest BCUT2D eigenvalue weighted by atomic mass is 16.6. The molecular weight excluding hydrogens is 391 g/mol. The summed E-state index contributed by atoms with van der Waals surface area (Å²) in [6.45, 7) is 0.450. The van der Waals surface area contributed by atoms with Crippen molar-refractivity contribution in [3.63, 3.8) is 0 Å². The first-order valence-electron chi connectivity index (χ1n) is 10.4. The fourth-order valence-corrected chi connectivity index (χ4v) is 3.06. The molecule has 0 spiro atoms. The molecule has 0 aliphatic rings. The first-order chi connectivity index (χ1) is 14.3. The highest BCUT2D eigenvalue weighted by Crippen LogP contribution is 2.13. The molecule has 10 heteroatoms. The van der Waals surface area contributed by atoms with E-state index in [1.807, 2.05) is 0 Å². The van der Waals surface area contributed by atoms with E-state index in [2.05, 4.69) is 10.1 Å². The van der Waals surface area contributed by atoms with Crippen LogP contribution in [-0.4, -0.2) is 47.6 Å². The summed E-state index contributed by atoms with van der Waals surface area (Å²) >= 11 is 0. The van der Waals surface area contributed by atoms with Gasteiger partial charge in [-0.1, -0.05) is 44.9 Å². The minimum atomic E-state index is -1.88. The number of carbonyl (C=O) groups is 2. The van der Waals surface area contributed by atoms with Crippen LogP contribution in [0.4, 0.5) is 5.69 Å². The summed E-state index contributed by atoms with van der Waals surface area (Å²) in [6.07, 6.45) is 9.75. The number of nitrogens with zero attached hydrogens (tertiary/aromatic N) is 1. The maximum absolute atomic E-state index is 12.2. The van der Waals surface area contributed by atoms with Crippen molar-refractivity contribution in [3.8, 4) is 0 Å². The molecule has 0 radical (unpaired) electrons. The van der Waals surface area contributed by atoms with Crippen LogP contribution in [0.3, 0.4) is 0 Å². The lowest BCUT2D eigenvalue weighted by molar-refractivity contribution is -0.384. The number of amides is 1. The van der Waals surface area contributed by atoms with E-state index in [0.29, 0.717) is 13.0 Å². The van der Waals surface area contributed by atoms with E-state index < -0.39 is 17.9 Å². The largest absolute Gasteiger partial charge is 0.488 e. The fraction of sp³-hybridized carbons (Fsp3) is 0.600. The maximum Gasteiger partial charge on any atom is 0.488 e. The molecule has 1 aromatic carbocycles. The van der Waals surface area contributed by atoms with Crippen molar-refractivity contribution in [1.82, 2.24) is 5.32 Å². The van der Waals surface area contributed by atoms with Gasteiger partial charge in [-0.15, -0.1) is 0 Å². The van der Waals surface area contributed by atoms with Gasteiger partial charge in [-0.25, -0.2) is 0 Å². The number of esters is 1. The number of nitrogens with one attached hydrogen (secondary N) is 1. The number of hydrogen-bond acceptors (Lipinski definition) is 7. The number of methoxy groups -OCH3 is 1. The number of benzene rings is 1. The Kier molecular flexibility index (Phi) is 12.4. The number of rotatable bonds is 15. The van der Waals surface area contributed by atoms with Gasteiger partial charge in [-0.05, 0) is 24.4 Å². The Labute approximate surface area is 177 Å². The smallest absolute Gasteiger partial charge is 0.469 e. The average Bonchev–Trinajstić information content (AvgIpc) is 2.73. The van der Waals surface area contributed by atoms with Gasteiger partial charge in [-0.3, -0.25) is 19.7 Å². The summed E-state index contributed by atoms with van der Waals surface area (Å²) in [5, 5.41) is 32.1. The summed E-state index contributed by atoms with van der Waals surface area (Å²) in [4.78, 5) is 33.4. The van der Waals surface area contributed by atoms with Crippen LogP contribution in [0.5, 0.6) is 0 Å². The summed E-state index contributed by atoms with van der Waals surface area (Å²) in [5.74, 6) is -0.633. The van der Waals surface area contributed by atoms with Crippen molar-refractivity contribution in [1.29, 1.82) is 0 Å². The van der Waals surface area contributed by atoms with Gasteiger partial charge in [0.2, 0.25) is 0 Å². The Balaban J connectivity index is 2.16. The van der Waals surface area contributed by atoms with Gasteiger partial charge in [0.15, 0.2) is 0 Å². The number of nitro groups is 1. The molecule has 0 bridgehead atoms. The molecule has 0 atom stereocenters. The van der Waals surface area contributed by atoms with Crippen LogP contribution in [0.15, 0.2) is 18.2 Å². The second-order valence-electron chi connectivity index (χ2n) is 7.21. The zero-order valence-corrected chi connectivity index (χ0v) is 17.5. The van der Waals surface area contributed by atoms with Crippen molar-refractivity contribution < 1.29 is 29.3 Å². The van der Waals surface area contributed by atoms with Crippen LogP contribution in [0, 0.1) is 10.1 Å². The summed E-state index contributed by atoms with van der Waals surface area (Å²) in [7, 11) is -0.482. The third-order valence-corrected chi connectivity index (χ3v) is 4.78. The SMILES string of the molecule is COC(=O)CCCCCCCCCCCNC(=O)c1cc(B(O)O)cc([N+](=O)[O-])c1. The van der Waals surface area contributed by atoms with E-state index in [1.165, 1.54) is 13.2 Å². The number of hydrogen-bond donors (Lipinski definition) is 3. The van der Waals surface area contributed by atoms with Gasteiger partial charge >= 0.3 is 13.1 Å². The quantitative estimate of drug-likeness (QED) is 0.129. The van der Waals surface area contributed by atoms with Crippen LogP contribution in [0.2, 0.25) is 0 Å². The molecule has 0 unspecified atom stereocenters. The molecule has 0 fully saturated rings. The Morgan fingerprint density at radius 3 is 2.10 bits per heavy atom. The van der Waals surface area contributed by atoms with Crippen LogP contribution < -0.4 is 10.8 Å². The molecule has 9 nitrogen and oxygen atoms in total. The van der Waals surface area contributed by atoms with E-state index in [9.17, 15) is 29.8 Å². The first-order valence-corrected chi connectivity index (χ1v) is 10.4. The van der Waals surface area contributed by atoms with E-state index in [-0.39, 0.29) is 22.7 Å². The van der Waals surface area contributed by atoms with Crippen LogP contribution in [0.25, 0.3) is 0 Å². The molecule has 0 aliphatic carbocycles. The highest BCUT2D eigenvalue weighted by Gasteiger charge is 2.20. The zero-order valence-electron chi connectivity index (χ0n) is 17.5. The number of carbonyl (C=O) groups excluding carboxylic acids is 2. The van der Waals surface area contributed by atoms with Crippen LogP contribution in [-0.2, 0) is 9.53 Å². The Morgan fingerprint density at radius 2 is 1.57 bits per heavy atom. The number of nitro benzene ring substituents is 1. The van der Waals surface area contributed by atoms with Crippen LogP contribution >= 0.6 is 0 Å². The van der Waals surface area contributed by atoms with Crippen molar-refractivity contribution in [2.75, 3.05) is 13.7 Å². The topological polar surface area (TPSA) is 139 Å². The predicted octanol–water partition coefficient (Wildman–Crippen LogP) is 2.08. The molecule has 166 valence electrons. The van der Waals surface area contributed by atoms with Gasteiger partial charge in [0.05, 0.1) is 12.0 Å². The van der Waals surface area contributed by atoms with E-state index in [1.54, 1.807) is 0 Å². The number of unbranched alkanes of at least 4 members (excludes halogenated alkanes) is 8. The molecule has 1 amide bonds. The number of non-ortho nitro benzene ring substituents is 1. The van der Waals surface area contributed by atoms with Gasteiger partial charge in [0.25, 0.3) is 11.6 Å². The van der Waals surface area contributed by atoms with E-state index >= 15 is 0 Å². The molecule has 30 heavy (non-hydrogen) atoms. The fourth-order valence-electron chi connectivity index (χ4n) is 3.06. The van der Waals surface area contributed by atoms with Gasteiger partial charge < -0.3 is 20.1 Å². The van der Waals surface area contributed by atoms with Gasteiger partial charge in [-0.2, -0.15) is 0 Å². The second kappa shape index (κ2) is 14.5. The van der Waals surface area contributed by atoms with Crippen molar-refractivity contribution in [2.45, 2.75) is 64.2 Å². The predicted molar refractivity (Wildman–Crippen MR) is 113 cm³/mol. The lowest BCUT2D eigenvalue weighted by Gasteiger charge is -2.07. The van der Waals surface area contributed by atoms with Crippen LogP contribution in [0.1, 0.15) is 74.6 Å². The molecule has 0 aliphatic heterocycles. The summed E-state index contributed by atoms with van der Waals surface area (Å²) < 4.78 is 4.60. The monoisotopic (exact) mass is 422 g/mol. The number of ether oxygens (including phenoxy) is 1. The molecule has 1 aromatic rings. The third-order valence-electron chi connectivity index (χ3n) is 4.78. The average molecular weight is 422 g/mol. The minimum Gasteiger partial charge on any atom is -0.469 e. The molecule has 0 aromatic heterocycles. The standard InChI is InChI=1S/C20H31BN2O7/c1-30-19(24)11-9-7-5-3-2-4-6-8-10-12-22-20(25)16-13-17(21(26)27)15-18(14-16)23(28)29/h13-15,26-27H,2-12H2,1H3,(H,22,25). The molecule has 0 heterocycles. The molecule has 1 rings (SSSR count). The lowest BCUT2D eigenvalue weighted by Crippen LogP contribution is -2.32.